The summed E-state index contributed by atoms with van der Waals surface area (Å²) in [5, 5.41) is 15.1. The molecular weight excluding hydrogens is 348 g/mol. The van der Waals surface area contributed by atoms with Crippen LogP contribution in [0.4, 0.5) is 4.79 Å². The predicted molar refractivity (Wildman–Crippen MR) is 87.9 cm³/mol. The monoisotopic (exact) mass is 364 g/mol. The lowest BCUT2D eigenvalue weighted by Crippen LogP contribution is -2.34. The van der Waals surface area contributed by atoms with E-state index in [-0.39, 0.29) is 11.8 Å². The van der Waals surface area contributed by atoms with E-state index in [1.54, 1.807) is 12.1 Å². The van der Waals surface area contributed by atoms with Crippen LogP contribution in [0.5, 0.6) is 11.5 Å². The van der Waals surface area contributed by atoms with Crippen LogP contribution in [0.1, 0.15) is 11.1 Å². The Morgan fingerprint density at radius 3 is 2.32 bits per heavy atom. The Morgan fingerprint density at radius 1 is 1.09 bits per heavy atom. The topological polar surface area (TPSA) is 70.6 Å². The lowest BCUT2D eigenvalue weighted by Gasteiger charge is -2.09. The molecule has 0 spiro atoms. The maximum Gasteiger partial charge on any atom is 0.315 e. The van der Waals surface area contributed by atoms with Gasteiger partial charge in [0, 0.05) is 17.6 Å². The number of urea groups is 1. The van der Waals surface area contributed by atoms with E-state index in [0.29, 0.717) is 18.8 Å². The van der Waals surface area contributed by atoms with Gasteiger partial charge in [0.2, 0.25) is 0 Å². The summed E-state index contributed by atoms with van der Waals surface area (Å²) in [5.74, 6) is 0.459. The second kappa shape index (κ2) is 7.70. The van der Waals surface area contributed by atoms with E-state index in [9.17, 15) is 9.90 Å². The fourth-order valence-electron chi connectivity index (χ4n) is 1.86. The summed E-state index contributed by atoms with van der Waals surface area (Å²) in [6.45, 7) is 0.806. The number of halogens is 1. The zero-order chi connectivity index (χ0) is 15.9. The van der Waals surface area contributed by atoms with Gasteiger partial charge >= 0.3 is 6.03 Å². The van der Waals surface area contributed by atoms with E-state index >= 15 is 0 Å². The van der Waals surface area contributed by atoms with Crippen molar-refractivity contribution in [1.29, 1.82) is 0 Å². The van der Waals surface area contributed by atoms with Crippen LogP contribution in [0.15, 0.2) is 46.9 Å². The molecule has 0 aliphatic heterocycles. The van der Waals surface area contributed by atoms with Crippen LogP contribution in [0.25, 0.3) is 0 Å². The van der Waals surface area contributed by atoms with Gasteiger partial charge in [0.05, 0.1) is 7.11 Å². The number of phenols is 1. The molecule has 2 aromatic carbocycles. The maximum absolute atomic E-state index is 11.8. The van der Waals surface area contributed by atoms with Crippen molar-refractivity contribution in [3.05, 3.63) is 58.1 Å². The van der Waals surface area contributed by atoms with E-state index in [1.807, 2.05) is 24.3 Å². The fraction of sp³-hybridized carbons (Fsp3) is 0.188. The zero-order valence-electron chi connectivity index (χ0n) is 12.1. The molecule has 0 unspecified atom stereocenters. The van der Waals surface area contributed by atoms with Gasteiger partial charge in [0.25, 0.3) is 0 Å². The number of benzene rings is 2. The van der Waals surface area contributed by atoms with Crippen molar-refractivity contribution in [2.75, 3.05) is 7.11 Å². The number of carbonyl (C=O) groups excluding carboxylic acids is 1. The van der Waals surface area contributed by atoms with Crippen LogP contribution in [-0.4, -0.2) is 18.2 Å². The number of ether oxygens (including phenoxy) is 1. The molecule has 0 radical (unpaired) electrons. The Kier molecular flexibility index (Phi) is 5.66. The number of hydrogen-bond donors (Lipinski definition) is 3. The summed E-state index contributed by atoms with van der Waals surface area (Å²) < 4.78 is 6.03. The first-order chi connectivity index (χ1) is 10.6. The molecule has 0 bridgehead atoms. The van der Waals surface area contributed by atoms with Gasteiger partial charge in [-0.3, -0.25) is 0 Å². The highest BCUT2D eigenvalue weighted by Crippen LogP contribution is 2.26. The zero-order valence-corrected chi connectivity index (χ0v) is 13.7. The minimum absolute atomic E-state index is 0.0749. The first-order valence-corrected chi connectivity index (χ1v) is 7.50. The largest absolute Gasteiger partial charge is 0.504 e. The molecule has 2 aromatic rings. The van der Waals surface area contributed by atoms with Gasteiger partial charge in [-0.15, -0.1) is 0 Å². The van der Waals surface area contributed by atoms with E-state index in [0.717, 1.165) is 15.6 Å². The molecule has 0 aliphatic rings. The van der Waals surface area contributed by atoms with Crippen LogP contribution >= 0.6 is 15.9 Å². The van der Waals surface area contributed by atoms with Crippen molar-refractivity contribution in [2.24, 2.45) is 0 Å². The average molecular weight is 365 g/mol. The molecule has 0 aromatic heterocycles. The van der Waals surface area contributed by atoms with Crippen molar-refractivity contribution >= 4 is 22.0 Å². The van der Waals surface area contributed by atoms with Crippen molar-refractivity contribution in [3.63, 3.8) is 0 Å². The predicted octanol–water partition coefficient (Wildman–Crippen LogP) is 3.16. The van der Waals surface area contributed by atoms with Gasteiger partial charge in [-0.05, 0) is 35.4 Å². The Morgan fingerprint density at radius 2 is 1.68 bits per heavy atom. The Bertz CT molecular complexity index is 644. The number of phenolic OH excluding ortho intramolecular Hbond substituents is 1. The molecule has 0 atom stereocenters. The number of amides is 2. The summed E-state index contributed by atoms with van der Waals surface area (Å²) in [5.41, 5.74) is 1.86. The molecule has 3 N–H and O–H groups in total. The highest BCUT2D eigenvalue weighted by molar-refractivity contribution is 9.10. The van der Waals surface area contributed by atoms with Crippen LogP contribution in [-0.2, 0) is 13.1 Å². The van der Waals surface area contributed by atoms with Gasteiger partial charge in [-0.1, -0.05) is 34.1 Å². The SMILES string of the molecule is COc1cc(CNC(=O)NCc2ccc(Br)cc2)ccc1O. The maximum atomic E-state index is 11.8. The summed E-state index contributed by atoms with van der Waals surface area (Å²) in [4.78, 5) is 11.8. The van der Waals surface area contributed by atoms with E-state index in [1.165, 1.54) is 13.2 Å². The molecule has 0 saturated heterocycles. The molecule has 2 amide bonds. The third kappa shape index (κ3) is 4.66. The Labute approximate surface area is 137 Å². The lowest BCUT2D eigenvalue weighted by atomic mass is 10.2. The standard InChI is InChI=1S/C16H17BrN2O3/c1-22-15-8-12(4-7-14(15)20)10-19-16(21)18-9-11-2-5-13(17)6-3-11/h2-8,20H,9-10H2,1H3,(H2,18,19,21). The highest BCUT2D eigenvalue weighted by Gasteiger charge is 2.05. The number of hydrogen-bond acceptors (Lipinski definition) is 3. The summed E-state index contributed by atoms with van der Waals surface area (Å²) in [6, 6.07) is 12.4. The molecule has 0 heterocycles. The molecule has 0 aliphatic carbocycles. The highest BCUT2D eigenvalue weighted by atomic mass is 79.9. The fourth-order valence-corrected chi connectivity index (χ4v) is 2.13. The van der Waals surface area contributed by atoms with Gasteiger partial charge in [-0.25, -0.2) is 4.79 Å². The number of rotatable bonds is 5. The van der Waals surface area contributed by atoms with Crippen molar-refractivity contribution in [2.45, 2.75) is 13.1 Å². The first kappa shape index (κ1) is 16.2. The Balaban J connectivity index is 1.81. The van der Waals surface area contributed by atoms with Crippen LogP contribution < -0.4 is 15.4 Å². The second-order valence-corrected chi connectivity index (χ2v) is 5.58. The molecule has 6 heteroatoms. The molecule has 0 fully saturated rings. The number of aromatic hydroxyl groups is 1. The second-order valence-electron chi connectivity index (χ2n) is 4.67. The van der Waals surface area contributed by atoms with Crippen LogP contribution in [0.3, 0.4) is 0 Å². The van der Waals surface area contributed by atoms with Crippen molar-refractivity contribution in [1.82, 2.24) is 10.6 Å². The van der Waals surface area contributed by atoms with E-state index in [2.05, 4.69) is 26.6 Å². The van der Waals surface area contributed by atoms with Gasteiger partial charge < -0.3 is 20.5 Å². The van der Waals surface area contributed by atoms with Gasteiger partial charge in [0.1, 0.15) is 0 Å². The quantitative estimate of drug-likeness (QED) is 0.762. The third-order valence-corrected chi connectivity index (χ3v) is 3.59. The number of methoxy groups -OCH3 is 1. The van der Waals surface area contributed by atoms with E-state index < -0.39 is 0 Å². The van der Waals surface area contributed by atoms with Crippen LogP contribution in [0, 0.1) is 0 Å². The van der Waals surface area contributed by atoms with Gasteiger partial charge in [0.15, 0.2) is 11.5 Å². The van der Waals surface area contributed by atoms with Crippen molar-refractivity contribution < 1.29 is 14.6 Å². The number of nitrogens with one attached hydrogen (secondary N) is 2. The molecule has 22 heavy (non-hydrogen) atoms. The summed E-state index contributed by atoms with van der Waals surface area (Å²) in [7, 11) is 1.48. The van der Waals surface area contributed by atoms with Gasteiger partial charge in [-0.2, -0.15) is 0 Å². The normalized spacial score (nSPS) is 10.1. The lowest BCUT2D eigenvalue weighted by molar-refractivity contribution is 0.240. The minimum atomic E-state index is -0.255. The van der Waals surface area contributed by atoms with Crippen LogP contribution in [0.2, 0.25) is 0 Å². The smallest absolute Gasteiger partial charge is 0.315 e. The third-order valence-electron chi connectivity index (χ3n) is 3.06. The molecule has 0 saturated carbocycles. The number of carbonyl (C=O) groups is 1. The van der Waals surface area contributed by atoms with E-state index in [4.69, 9.17) is 4.74 Å². The Hall–Kier alpha value is -2.21. The molecular formula is C16H17BrN2O3. The first-order valence-electron chi connectivity index (χ1n) is 6.70. The minimum Gasteiger partial charge on any atom is -0.504 e. The van der Waals surface area contributed by atoms with Crippen molar-refractivity contribution in [3.8, 4) is 11.5 Å². The summed E-state index contributed by atoms with van der Waals surface area (Å²) in [6.07, 6.45) is 0. The molecule has 2 rings (SSSR count). The molecule has 116 valence electrons. The average Bonchev–Trinajstić information content (AvgIpc) is 2.53. The summed E-state index contributed by atoms with van der Waals surface area (Å²) >= 11 is 3.37. The molecule has 5 nitrogen and oxygen atoms in total.